The van der Waals surface area contributed by atoms with Gasteiger partial charge in [-0.1, -0.05) is 25.1 Å². The van der Waals surface area contributed by atoms with Crippen molar-refractivity contribution in [3.63, 3.8) is 0 Å². The first-order chi connectivity index (χ1) is 10.2. The van der Waals surface area contributed by atoms with Crippen molar-refractivity contribution in [3.05, 3.63) is 36.0 Å². The zero-order valence-electron chi connectivity index (χ0n) is 12.5. The molecule has 1 amide bonds. The Morgan fingerprint density at radius 3 is 2.86 bits per heavy atom. The molecule has 21 heavy (non-hydrogen) atoms. The van der Waals surface area contributed by atoms with Crippen molar-refractivity contribution < 1.29 is 4.79 Å². The molecule has 3 N–H and O–H groups in total. The molecule has 112 valence electrons. The summed E-state index contributed by atoms with van der Waals surface area (Å²) < 4.78 is 0. The molecule has 0 radical (unpaired) electrons. The number of aromatic amines is 1. The van der Waals surface area contributed by atoms with Gasteiger partial charge in [0.1, 0.15) is 0 Å². The fraction of sp³-hybridized carbons (Fsp3) is 0.471. The summed E-state index contributed by atoms with van der Waals surface area (Å²) in [5.74, 6) is 0.111. The second-order valence-corrected chi connectivity index (χ2v) is 6.37. The van der Waals surface area contributed by atoms with Crippen molar-refractivity contribution in [2.45, 2.75) is 26.2 Å². The van der Waals surface area contributed by atoms with Crippen LogP contribution in [0.25, 0.3) is 10.9 Å². The zero-order valence-corrected chi connectivity index (χ0v) is 12.5. The predicted octanol–water partition coefficient (Wildman–Crippen LogP) is 2.22. The van der Waals surface area contributed by atoms with E-state index in [0.717, 1.165) is 48.9 Å². The number of rotatable bonds is 4. The van der Waals surface area contributed by atoms with E-state index in [2.05, 4.69) is 28.6 Å². The lowest BCUT2D eigenvalue weighted by molar-refractivity contribution is -0.121. The predicted molar refractivity (Wildman–Crippen MR) is 85.2 cm³/mol. The van der Waals surface area contributed by atoms with E-state index in [0.29, 0.717) is 6.42 Å². The normalized spacial score (nSPS) is 17.8. The first-order valence-corrected chi connectivity index (χ1v) is 7.69. The molecular formula is C17H23N3O. The molecule has 2 aromatic rings. The molecule has 3 rings (SSSR count). The van der Waals surface area contributed by atoms with Crippen LogP contribution >= 0.6 is 0 Å². The second kappa shape index (κ2) is 5.90. The molecule has 1 fully saturated rings. The summed E-state index contributed by atoms with van der Waals surface area (Å²) in [7, 11) is 0. The van der Waals surface area contributed by atoms with Gasteiger partial charge in [-0.3, -0.25) is 4.79 Å². The number of H-pyrrole nitrogens is 1. The van der Waals surface area contributed by atoms with Crippen LogP contribution < -0.4 is 10.6 Å². The number of amides is 1. The number of para-hydroxylation sites is 1. The standard InChI is InChI=1S/C17H23N3O/c1-17(6-8-18-9-7-17)12-20-16(21)10-13-11-19-15-5-3-2-4-14(13)15/h2-5,11,18-19H,6-10,12H2,1H3,(H,20,21). The topological polar surface area (TPSA) is 56.9 Å². The van der Waals surface area contributed by atoms with Crippen LogP contribution in [-0.4, -0.2) is 30.5 Å². The number of carbonyl (C=O) groups is 1. The van der Waals surface area contributed by atoms with Crippen molar-refractivity contribution in [1.29, 1.82) is 0 Å². The quantitative estimate of drug-likeness (QED) is 0.807. The Labute approximate surface area is 125 Å². The molecule has 1 aliphatic rings. The Bertz CT molecular complexity index is 626. The maximum Gasteiger partial charge on any atom is 0.224 e. The van der Waals surface area contributed by atoms with Crippen LogP contribution in [0.5, 0.6) is 0 Å². The minimum Gasteiger partial charge on any atom is -0.361 e. The number of aromatic nitrogens is 1. The molecule has 0 aliphatic carbocycles. The van der Waals surface area contributed by atoms with Gasteiger partial charge in [-0.15, -0.1) is 0 Å². The highest BCUT2D eigenvalue weighted by molar-refractivity contribution is 5.88. The fourth-order valence-electron chi connectivity index (χ4n) is 3.03. The van der Waals surface area contributed by atoms with E-state index in [4.69, 9.17) is 0 Å². The number of nitrogens with one attached hydrogen (secondary N) is 3. The minimum atomic E-state index is 0.111. The van der Waals surface area contributed by atoms with Gasteiger partial charge in [0.25, 0.3) is 0 Å². The third-order valence-electron chi connectivity index (χ3n) is 4.55. The van der Waals surface area contributed by atoms with Crippen LogP contribution in [-0.2, 0) is 11.2 Å². The number of hydrogen-bond donors (Lipinski definition) is 3. The average Bonchev–Trinajstić information content (AvgIpc) is 2.90. The maximum absolute atomic E-state index is 12.2. The largest absolute Gasteiger partial charge is 0.361 e. The van der Waals surface area contributed by atoms with E-state index in [-0.39, 0.29) is 11.3 Å². The number of carbonyl (C=O) groups excluding carboxylic acids is 1. The lowest BCUT2D eigenvalue weighted by Gasteiger charge is -2.34. The van der Waals surface area contributed by atoms with E-state index in [9.17, 15) is 4.79 Å². The highest BCUT2D eigenvalue weighted by Gasteiger charge is 2.27. The van der Waals surface area contributed by atoms with Crippen molar-refractivity contribution in [2.75, 3.05) is 19.6 Å². The monoisotopic (exact) mass is 285 g/mol. The number of piperidine rings is 1. The fourth-order valence-corrected chi connectivity index (χ4v) is 3.03. The minimum absolute atomic E-state index is 0.111. The molecule has 1 aromatic heterocycles. The summed E-state index contributed by atoms with van der Waals surface area (Å²) in [6.07, 6.45) is 4.63. The number of hydrogen-bond acceptors (Lipinski definition) is 2. The zero-order chi connectivity index (χ0) is 14.7. The third kappa shape index (κ3) is 3.27. The molecular weight excluding hydrogens is 262 g/mol. The lowest BCUT2D eigenvalue weighted by atomic mass is 9.81. The number of benzene rings is 1. The van der Waals surface area contributed by atoms with Crippen LogP contribution in [0.4, 0.5) is 0 Å². The molecule has 0 unspecified atom stereocenters. The Morgan fingerprint density at radius 1 is 1.29 bits per heavy atom. The van der Waals surface area contributed by atoms with Crippen molar-refractivity contribution in [2.24, 2.45) is 5.41 Å². The van der Waals surface area contributed by atoms with Crippen LogP contribution in [0.3, 0.4) is 0 Å². The Balaban J connectivity index is 1.59. The summed E-state index contributed by atoms with van der Waals surface area (Å²) in [5.41, 5.74) is 2.39. The maximum atomic E-state index is 12.2. The van der Waals surface area contributed by atoms with Crippen LogP contribution in [0.15, 0.2) is 30.5 Å². The molecule has 4 heteroatoms. The SMILES string of the molecule is CC1(CNC(=O)Cc2c[nH]c3ccccc23)CCNCC1. The van der Waals surface area contributed by atoms with E-state index >= 15 is 0 Å². The van der Waals surface area contributed by atoms with E-state index in [1.165, 1.54) is 0 Å². The van der Waals surface area contributed by atoms with Gasteiger partial charge in [0.15, 0.2) is 0 Å². The molecule has 0 bridgehead atoms. The van der Waals surface area contributed by atoms with Crippen molar-refractivity contribution >= 4 is 16.8 Å². The van der Waals surface area contributed by atoms with Crippen LogP contribution in [0.1, 0.15) is 25.3 Å². The molecule has 4 nitrogen and oxygen atoms in total. The Morgan fingerprint density at radius 2 is 2.05 bits per heavy atom. The van der Waals surface area contributed by atoms with Gasteiger partial charge in [-0.05, 0) is 43.0 Å². The smallest absolute Gasteiger partial charge is 0.224 e. The second-order valence-electron chi connectivity index (χ2n) is 6.37. The molecule has 1 aromatic carbocycles. The van der Waals surface area contributed by atoms with Gasteiger partial charge in [0, 0.05) is 23.6 Å². The molecule has 0 saturated carbocycles. The molecule has 1 saturated heterocycles. The Hall–Kier alpha value is -1.81. The molecule has 0 atom stereocenters. The summed E-state index contributed by atoms with van der Waals surface area (Å²) >= 11 is 0. The van der Waals surface area contributed by atoms with Gasteiger partial charge >= 0.3 is 0 Å². The molecule has 1 aliphatic heterocycles. The van der Waals surface area contributed by atoms with Crippen molar-refractivity contribution in [1.82, 2.24) is 15.6 Å². The highest BCUT2D eigenvalue weighted by Crippen LogP contribution is 2.26. The summed E-state index contributed by atoms with van der Waals surface area (Å²) in [4.78, 5) is 15.4. The Kier molecular flexibility index (Phi) is 3.97. The first kappa shape index (κ1) is 14.1. The van der Waals surface area contributed by atoms with Gasteiger partial charge in [0.2, 0.25) is 5.91 Å². The van der Waals surface area contributed by atoms with Gasteiger partial charge < -0.3 is 15.6 Å². The number of fused-ring (bicyclic) bond motifs is 1. The highest BCUT2D eigenvalue weighted by atomic mass is 16.1. The van der Waals surface area contributed by atoms with Crippen LogP contribution in [0.2, 0.25) is 0 Å². The summed E-state index contributed by atoms with van der Waals surface area (Å²) in [6, 6.07) is 8.10. The third-order valence-corrected chi connectivity index (χ3v) is 4.55. The van der Waals surface area contributed by atoms with Crippen LogP contribution in [0, 0.1) is 5.41 Å². The molecule has 2 heterocycles. The van der Waals surface area contributed by atoms with Gasteiger partial charge in [-0.25, -0.2) is 0 Å². The van der Waals surface area contributed by atoms with E-state index < -0.39 is 0 Å². The molecule has 0 spiro atoms. The van der Waals surface area contributed by atoms with Gasteiger partial charge in [-0.2, -0.15) is 0 Å². The first-order valence-electron chi connectivity index (χ1n) is 7.69. The average molecular weight is 285 g/mol. The lowest BCUT2D eigenvalue weighted by Crippen LogP contribution is -2.43. The van der Waals surface area contributed by atoms with Crippen molar-refractivity contribution in [3.8, 4) is 0 Å². The van der Waals surface area contributed by atoms with Gasteiger partial charge in [0.05, 0.1) is 6.42 Å². The van der Waals surface area contributed by atoms with E-state index in [1.54, 1.807) is 0 Å². The summed E-state index contributed by atoms with van der Waals surface area (Å²) in [6.45, 7) is 5.14. The van der Waals surface area contributed by atoms with E-state index in [1.807, 2.05) is 24.4 Å². The summed E-state index contributed by atoms with van der Waals surface area (Å²) in [5, 5.41) is 7.62.